The number of anilines is 2. The Bertz CT molecular complexity index is 505. The minimum atomic E-state index is 0.858. The summed E-state index contributed by atoms with van der Waals surface area (Å²) in [5.74, 6) is 0.964. The molecule has 1 aromatic carbocycles. The molecule has 3 heteroatoms. The van der Waals surface area contributed by atoms with Crippen LogP contribution < -0.4 is 10.2 Å². The number of aromatic nitrogens is 1. The van der Waals surface area contributed by atoms with Gasteiger partial charge in [-0.1, -0.05) is 17.7 Å². The van der Waals surface area contributed by atoms with Crippen molar-refractivity contribution < 1.29 is 0 Å². The van der Waals surface area contributed by atoms with Crippen LogP contribution >= 0.6 is 0 Å². The molecule has 0 unspecified atom stereocenters. The molecule has 1 heterocycles. The maximum absolute atomic E-state index is 4.42. The molecule has 0 aliphatic rings. The molecule has 18 heavy (non-hydrogen) atoms. The van der Waals surface area contributed by atoms with Crippen molar-refractivity contribution in [3.63, 3.8) is 0 Å². The van der Waals surface area contributed by atoms with Crippen molar-refractivity contribution in [2.45, 2.75) is 13.5 Å². The average Bonchev–Trinajstić information content (AvgIpc) is 2.39. The topological polar surface area (TPSA) is 28.2 Å². The van der Waals surface area contributed by atoms with Crippen LogP contribution in [-0.4, -0.2) is 19.1 Å². The molecule has 0 aliphatic carbocycles. The van der Waals surface area contributed by atoms with Gasteiger partial charge in [-0.2, -0.15) is 0 Å². The molecule has 2 rings (SSSR count). The largest absolute Gasteiger partial charge is 0.329 e. The van der Waals surface area contributed by atoms with Crippen LogP contribution in [0, 0.1) is 6.92 Å². The van der Waals surface area contributed by atoms with Crippen LogP contribution in [0.3, 0.4) is 0 Å². The summed E-state index contributed by atoms with van der Waals surface area (Å²) in [6.45, 7) is 2.95. The number of hydrogen-bond donors (Lipinski definition) is 1. The first kappa shape index (κ1) is 12.6. The lowest BCUT2D eigenvalue weighted by Gasteiger charge is -2.19. The van der Waals surface area contributed by atoms with E-state index in [1.165, 1.54) is 11.1 Å². The number of aryl methyl sites for hydroxylation is 1. The van der Waals surface area contributed by atoms with Crippen LogP contribution in [0.15, 0.2) is 42.6 Å². The highest BCUT2D eigenvalue weighted by Crippen LogP contribution is 2.22. The number of hydrogen-bond acceptors (Lipinski definition) is 3. The van der Waals surface area contributed by atoms with Gasteiger partial charge >= 0.3 is 0 Å². The van der Waals surface area contributed by atoms with Crippen LogP contribution in [0.2, 0.25) is 0 Å². The van der Waals surface area contributed by atoms with Crippen LogP contribution in [0.5, 0.6) is 0 Å². The third kappa shape index (κ3) is 2.87. The second-order valence-corrected chi connectivity index (χ2v) is 4.45. The predicted molar refractivity (Wildman–Crippen MR) is 76.2 cm³/mol. The highest BCUT2D eigenvalue weighted by atomic mass is 15.2. The molecule has 0 bridgehead atoms. The molecule has 3 nitrogen and oxygen atoms in total. The van der Waals surface area contributed by atoms with Gasteiger partial charge in [-0.15, -0.1) is 0 Å². The summed E-state index contributed by atoms with van der Waals surface area (Å²) in [5, 5.41) is 3.15. The molecule has 0 spiro atoms. The minimum Gasteiger partial charge on any atom is -0.329 e. The Morgan fingerprint density at radius 3 is 2.56 bits per heavy atom. The number of rotatable bonds is 4. The first-order valence-electron chi connectivity index (χ1n) is 6.10. The molecule has 0 amide bonds. The van der Waals surface area contributed by atoms with E-state index in [0.29, 0.717) is 0 Å². The van der Waals surface area contributed by atoms with Gasteiger partial charge in [0.15, 0.2) is 0 Å². The monoisotopic (exact) mass is 241 g/mol. The van der Waals surface area contributed by atoms with Gasteiger partial charge in [0.2, 0.25) is 0 Å². The highest BCUT2D eigenvalue weighted by Gasteiger charge is 2.05. The average molecular weight is 241 g/mol. The van der Waals surface area contributed by atoms with Crippen LogP contribution in [0.1, 0.15) is 11.1 Å². The Morgan fingerprint density at radius 2 is 1.89 bits per heavy atom. The minimum absolute atomic E-state index is 0.858. The zero-order valence-corrected chi connectivity index (χ0v) is 11.1. The van der Waals surface area contributed by atoms with E-state index in [1.807, 2.05) is 26.4 Å². The summed E-state index contributed by atoms with van der Waals surface area (Å²) in [6, 6.07) is 12.6. The van der Waals surface area contributed by atoms with Gasteiger partial charge in [0.05, 0.1) is 0 Å². The lowest BCUT2D eigenvalue weighted by molar-refractivity contribution is 0.815. The molecule has 0 saturated carbocycles. The second kappa shape index (κ2) is 5.65. The fourth-order valence-corrected chi connectivity index (χ4v) is 1.86. The summed E-state index contributed by atoms with van der Waals surface area (Å²) in [4.78, 5) is 6.51. The van der Waals surface area contributed by atoms with E-state index in [-0.39, 0.29) is 0 Å². The molecule has 1 aromatic heterocycles. The van der Waals surface area contributed by atoms with Gasteiger partial charge in [0, 0.05) is 25.5 Å². The number of benzene rings is 1. The van der Waals surface area contributed by atoms with Crippen molar-refractivity contribution in [2.24, 2.45) is 0 Å². The van der Waals surface area contributed by atoms with E-state index in [9.17, 15) is 0 Å². The van der Waals surface area contributed by atoms with Crippen molar-refractivity contribution in [3.05, 3.63) is 53.7 Å². The van der Waals surface area contributed by atoms with Crippen molar-refractivity contribution in [3.8, 4) is 0 Å². The van der Waals surface area contributed by atoms with E-state index in [0.717, 1.165) is 18.1 Å². The Balaban J connectivity index is 2.24. The Hall–Kier alpha value is -1.87. The number of nitrogens with zero attached hydrogens (tertiary/aromatic N) is 2. The summed E-state index contributed by atoms with van der Waals surface area (Å²) >= 11 is 0. The quantitative estimate of drug-likeness (QED) is 0.892. The lowest BCUT2D eigenvalue weighted by Crippen LogP contribution is -2.12. The standard InChI is InChI=1S/C15H19N3/c1-12-4-6-14(7-5-12)18(3)15-10-13(11-16-2)8-9-17-15/h4-10,16H,11H2,1-3H3. The molecule has 0 atom stereocenters. The maximum Gasteiger partial charge on any atom is 0.132 e. The second-order valence-electron chi connectivity index (χ2n) is 4.45. The molecule has 1 N–H and O–H groups in total. The number of pyridine rings is 1. The van der Waals surface area contributed by atoms with E-state index >= 15 is 0 Å². The van der Waals surface area contributed by atoms with Crippen LogP contribution in [-0.2, 0) is 6.54 Å². The van der Waals surface area contributed by atoms with Crippen molar-refractivity contribution in [1.82, 2.24) is 10.3 Å². The van der Waals surface area contributed by atoms with Gasteiger partial charge in [0.25, 0.3) is 0 Å². The van der Waals surface area contributed by atoms with E-state index in [4.69, 9.17) is 0 Å². The fraction of sp³-hybridized carbons (Fsp3) is 0.267. The van der Waals surface area contributed by atoms with E-state index < -0.39 is 0 Å². The molecule has 2 aromatic rings. The van der Waals surface area contributed by atoms with E-state index in [2.05, 4.69) is 52.5 Å². The van der Waals surface area contributed by atoms with Gasteiger partial charge < -0.3 is 10.2 Å². The normalized spacial score (nSPS) is 10.4. The predicted octanol–water partition coefficient (Wildman–Crippen LogP) is 2.88. The molecule has 94 valence electrons. The van der Waals surface area contributed by atoms with Crippen LogP contribution in [0.4, 0.5) is 11.5 Å². The molecule has 0 fully saturated rings. The maximum atomic E-state index is 4.42. The van der Waals surface area contributed by atoms with Crippen LogP contribution in [0.25, 0.3) is 0 Å². The highest BCUT2D eigenvalue weighted by molar-refractivity contribution is 5.59. The van der Waals surface area contributed by atoms with Crippen molar-refractivity contribution in [1.29, 1.82) is 0 Å². The third-order valence-electron chi connectivity index (χ3n) is 2.96. The lowest BCUT2D eigenvalue weighted by atomic mass is 10.2. The number of nitrogens with one attached hydrogen (secondary N) is 1. The zero-order chi connectivity index (χ0) is 13.0. The first-order valence-corrected chi connectivity index (χ1v) is 6.10. The zero-order valence-electron chi connectivity index (χ0n) is 11.1. The van der Waals surface area contributed by atoms with Gasteiger partial charge in [-0.25, -0.2) is 4.98 Å². The fourth-order valence-electron chi connectivity index (χ4n) is 1.86. The van der Waals surface area contributed by atoms with Gasteiger partial charge in [-0.05, 0) is 43.8 Å². The first-order chi connectivity index (χ1) is 8.70. The van der Waals surface area contributed by atoms with Crippen molar-refractivity contribution in [2.75, 3.05) is 19.0 Å². The SMILES string of the molecule is CNCc1ccnc(N(C)c2ccc(C)cc2)c1. The van der Waals surface area contributed by atoms with E-state index in [1.54, 1.807) is 0 Å². The summed E-state index contributed by atoms with van der Waals surface area (Å²) < 4.78 is 0. The Kier molecular flexibility index (Phi) is 3.95. The third-order valence-corrected chi connectivity index (χ3v) is 2.96. The summed E-state index contributed by atoms with van der Waals surface area (Å²) in [7, 11) is 3.99. The Labute approximate surface area is 108 Å². The Morgan fingerprint density at radius 1 is 1.17 bits per heavy atom. The van der Waals surface area contributed by atoms with Crippen molar-refractivity contribution >= 4 is 11.5 Å². The van der Waals surface area contributed by atoms with Gasteiger partial charge in [0.1, 0.15) is 5.82 Å². The molecular formula is C15H19N3. The molecule has 0 radical (unpaired) electrons. The summed E-state index contributed by atoms with van der Waals surface area (Å²) in [6.07, 6.45) is 1.85. The molecule has 0 aliphatic heterocycles. The van der Waals surface area contributed by atoms with Gasteiger partial charge in [-0.3, -0.25) is 0 Å². The molecular weight excluding hydrogens is 222 g/mol. The summed E-state index contributed by atoms with van der Waals surface area (Å²) in [5.41, 5.74) is 3.65. The smallest absolute Gasteiger partial charge is 0.132 e. The molecule has 0 saturated heterocycles.